The molecule has 2 rings (SSSR count). The van der Waals surface area contributed by atoms with Gasteiger partial charge < -0.3 is 5.73 Å². The Morgan fingerprint density at radius 3 is 2.58 bits per heavy atom. The van der Waals surface area contributed by atoms with E-state index in [9.17, 15) is 18.5 Å². The van der Waals surface area contributed by atoms with Gasteiger partial charge in [0, 0.05) is 12.1 Å². The van der Waals surface area contributed by atoms with E-state index in [0.29, 0.717) is 5.52 Å². The third-order valence-electron chi connectivity index (χ3n) is 2.68. The van der Waals surface area contributed by atoms with E-state index in [1.165, 1.54) is 26.0 Å². The van der Waals surface area contributed by atoms with E-state index in [4.69, 9.17) is 5.73 Å². The zero-order chi connectivity index (χ0) is 14.4. The number of nitro benzene ring substituents is 1. The van der Waals surface area contributed by atoms with Crippen LogP contribution in [0.1, 0.15) is 13.8 Å². The van der Waals surface area contributed by atoms with Crippen LogP contribution < -0.4 is 5.73 Å². The first-order valence-corrected chi connectivity index (χ1v) is 6.92. The minimum atomic E-state index is -3.73. The predicted molar refractivity (Wildman–Crippen MR) is 70.3 cm³/mol. The highest BCUT2D eigenvalue weighted by Crippen LogP contribution is 2.25. The molecule has 2 aromatic rings. The molecule has 1 aromatic heterocycles. The van der Waals surface area contributed by atoms with E-state index in [0.717, 1.165) is 10.0 Å². The summed E-state index contributed by atoms with van der Waals surface area (Å²) < 4.78 is 25.2. The smallest absolute Gasteiger partial charge is 0.271 e. The first-order chi connectivity index (χ1) is 8.75. The summed E-state index contributed by atoms with van der Waals surface area (Å²) in [5.41, 5.74) is 5.80. The third kappa shape index (κ3) is 2.01. The van der Waals surface area contributed by atoms with Crippen LogP contribution in [0.25, 0.3) is 11.0 Å². The summed E-state index contributed by atoms with van der Waals surface area (Å²) in [6.45, 7) is 3.00. The standard InChI is InChI=1S/C10H12N4O4S/c1-6(2)19(17,18)13-9-5-7(14(15)16)3-4-8(9)12-10(13)11/h3-6H,1-2H3,(H2,11,12). The summed E-state index contributed by atoms with van der Waals surface area (Å²) in [6.07, 6.45) is 0. The number of hydrogen-bond donors (Lipinski definition) is 1. The molecule has 0 aliphatic carbocycles. The first-order valence-electron chi connectivity index (χ1n) is 5.42. The molecule has 2 N–H and O–H groups in total. The molecule has 0 aliphatic rings. The summed E-state index contributed by atoms with van der Waals surface area (Å²) in [4.78, 5) is 14.0. The van der Waals surface area contributed by atoms with Gasteiger partial charge in [-0.05, 0) is 19.9 Å². The Kier molecular flexibility index (Phi) is 2.93. The maximum atomic E-state index is 12.2. The number of non-ortho nitro benzene ring substituents is 1. The molecule has 9 heteroatoms. The average molecular weight is 284 g/mol. The van der Waals surface area contributed by atoms with Crippen molar-refractivity contribution in [1.29, 1.82) is 0 Å². The van der Waals surface area contributed by atoms with Gasteiger partial charge in [0.1, 0.15) is 0 Å². The lowest BCUT2D eigenvalue weighted by Gasteiger charge is -2.10. The quantitative estimate of drug-likeness (QED) is 0.665. The van der Waals surface area contributed by atoms with Gasteiger partial charge in [0.25, 0.3) is 5.69 Å². The summed E-state index contributed by atoms with van der Waals surface area (Å²) in [6, 6.07) is 3.77. The molecule has 102 valence electrons. The summed E-state index contributed by atoms with van der Waals surface area (Å²) in [5, 5.41) is 10.0. The summed E-state index contributed by atoms with van der Waals surface area (Å²) in [7, 11) is -3.73. The average Bonchev–Trinajstić information content (AvgIpc) is 2.63. The highest BCUT2D eigenvalue weighted by Gasteiger charge is 2.25. The van der Waals surface area contributed by atoms with Gasteiger partial charge in [0.05, 0.1) is 21.2 Å². The molecule has 1 aromatic carbocycles. The molecule has 0 aliphatic heterocycles. The number of nitrogen functional groups attached to an aromatic ring is 1. The van der Waals surface area contributed by atoms with Crippen molar-refractivity contribution in [2.45, 2.75) is 19.1 Å². The van der Waals surface area contributed by atoms with Crippen molar-refractivity contribution in [2.75, 3.05) is 5.73 Å². The second-order valence-corrected chi connectivity index (χ2v) is 6.60. The van der Waals surface area contributed by atoms with Crippen LogP contribution in [0.4, 0.5) is 11.6 Å². The highest BCUT2D eigenvalue weighted by atomic mass is 32.2. The molecule has 0 saturated heterocycles. The van der Waals surface area contributed by atoms with Crippen LogP contribution >= 0.6 is 0 Å². The molecular formula is C10H12N4O4S. The number of rotatable bonds is 3. The molecule has 0 unspecified atom stereocenters. The van der Waals surface area contributed by atoms with E-state index in [-0.39, 0.29) is 17.2 Å². The molecule has 0 atom stereocenters. The van der Waals surface area contributed by atoms with Crippen LogP contribution in [0.15, 0.2) is 18.2 Å². The van der Waals surface area contributed by atoms with Gasteiger partial charge >= 0.3 is 0 Å². The minimum Gasteiger partial charge on any atom is -0.368 e. The number of nitrogens with zero attached hydrogens (tertiary/aromatic N) is 3. The third-order valence-corrected chi connectivity index (χ3v) is 4.77. The lowest BCUT2D eigenvalue weighted by Crippen LogP contribution is -2.23. The van der Waals surface area contributed by atoms with Crippen molar-refractivity contribution in [3.63, 3.8) is 0 Å². The molecule has 0 spiro atoms. The van der Waals surface area contributed by atoms with E-state index >= 15 is 0 Å². The largest absolute Gasteiger partial charge is 0.368 e. The van der Waals surface area contributed by atoms with Crippen LogP contribution in [0, 0.1) is 10.1 Å². The van der Waals surface area contributed by atoms with Crippen molar-refractivity contribution < 1.29 is 13.3 Å². The maximum absolute atomic E-state index is 12.2. The Morgan fingerprint density at radius 1 is 1.42 bits per heavy atom. The number of anilines is 1. The molecule has 8 nitrogen and oxygen atoms in total. The molecule has 0 saturated carbocycles. The summed E-state index contributed by atoms with van der Waals surface area (Å²) >= 11 is 0. The number of nitro groups is 1. The van der Waals surface area contributed by atoms with Crippen LogP contribution in [0.3, 0.4) is 0 Å². The van der Waals surface area contributed by atoms with Gasteiger partial charge in [-0.1, -0.05) is 0 Å². The number of benzene rings is 1. The Labute approximate surface area is 109 Å². The van der Waals surface area contributed by atoms with Gasteiger partial charge in [-0.2, -0.15) is 0 Å². The number of imidazole rings is 1. The fourth-order valence-corrected chi connectivity index (χ4v) is 2.80. The van der Waals surface area contributed by atoms with E-state index in [1.807, 2.05) is 0 Å². The van der Waals surface area contributed by atoms with Crippen LogP contribution in [0.2, 0.25) is 0 Å². The fourth-order valence-electron chi connectivity index (χ4n) is 1.65. The normalized spacial score (nSPS) is 12.2. The van der Waals surface area contributed by atoms with Gasteiger partial charge in [0.15, 0.2) is 0 Å². The second-order valence-electron chi connectivity index (χ2n) is 4.26. The van der Waals surface area contributed by atoms with Crippen molar-refractivity contribution in [2.24, 2.45) is 0 Å². The topological polar surface area (TPSA) is 121 Å². The lowest BCUT2D eigenvalue weighted by atomic mass is 10.3. The van der Waals surface area contributed by atoms with Crippen molar-refractivity contribution in [3.8, 4) is 0 Å². The molecule has 0 bridgehead atoms. The van der Waals surface area contributed by atoms with Crippen molar-refractivity contribution >= 4 is 32.7 Å². The SMILES string of the molecule is CC(C)S(=O)(=O)n1c(N)nc2ccc([N+](=O)[O-])cc21. The van der Waals surface area contributed by atoms with E-state index in [1.54, 1.807) is 0 Å². The Bertz CT molecular complexity index is 763. The van der Waals surface area contributed by atoms with Crippen LogP contribution in [0.5, 0.6) is 0 Å². The Morgan fingerprint density at radius 2 is 2.05 bits per heavy atom. The van der Waals surface area contributed by atoms with Crippen molar-refractivity contribution in [1.82, 2.24) is 8.96 Å². The lowest BCUT2D eigenvalue weighted by molar-refractivity contribution is -0.384. The number of aromatic nitrogens is 2. The Hall–Kier alpha value is -2.16. The van der Waals surface area contributed by atoms with Gasteiger partial charge in [-0.15, -0.1) is 0 Å². The van der Waals surface area contributed by atoms with Gasteiger partial charge in [0.2, 0.25) is 16.0 Å². The second kappa shape index (κ2) is 4.19. The molecule has 19 heavy (non-hydrogen) atoms. The summed E-state index contributed by atoms with van der Waals surface area (Å²) in [5.74, 6) is -0.204. The van der Waals surface area contributed by atoms with Crippen LogP contribution in [-0.2, 0) is 10.0 Å². The maximum Gasteiger partial charge on any atom is 0.271 e. The number of fused-ring (bicyclic) bond motifs is 1. The minimum absolute atomic E-state index is 0.111. The molecular weight excluding hydrogens is 272 g/mol. The van der Waals surface area contributed by atoms with E-state index in [2.05, 4.69) is 4.98 Å². The fraction of sp³-hybridized carbons (Fsp3) is 0.300. The molecule has 1 heterocycles. The first kappa shape index (κ1) is 13.3. The van der Waals surface area contributed by atoms with Gasteiger partial charge in [-0.3, -0.25) is 10.1 Å². The number of hydrogen-bond acceptors (Lipinski definition) is 6. The molecule has 0 fully saturated rings. The Balaban J connectivity index is 2.84. The molecule has 0 radical (unpaired) electrons. The van der Waals surface area contributed by atoms with Crippen LogP contribution in [-0.4, -0.2) is 27.5 Å². The number of nitrogens with two attached hydrogens (primary N) is 1. The zero-order valence-electron chi connectivity index (χ0n) is 10.3. The zero-order valence-corrected chi connectivity index (χ0v) is 11.1. The predicted octanol–water partition coefficient (Wildman–Crippen LogP) is 1.11. The van der Waals surface area contributed by atoms with Gasteiger partial charge in [-0.25, -0.2) is 17.4 Å². The molecule has 0 amide bonds. The van der Waals surface area contributed by atoms with Crippen molar-refractivity contribution in [3.05, 3.63) is 28.3 Å². The van der Waals surface area contributed by atoms with E-state index < -0.39 is 20.2 Å². The monoisotopic (exact) mass is 284 g/mol. The highest BCUT2D eigenvalue weighted by molar-refractivity contribution is 7.90.